The van der Waals surface area contributed by atoms with E-state index in [1.807, 2.05) is 26.0 Å². The highest BCUT2D eigenvalue weighted by Crippen LogP contribution is 2.60. The van der Waals surface area contributed by atoms with E-state index in [1.54, 1.807) is 17.0 Å². The summed E-state index contributed by atoms with van der Waals surface area (Å²) < 4.78 is 0. The summed E-state index contributed by atoms with van der Waals surface area (Å²) >= 11 is 0. The Kier molecular flexibility index (Phi) is 6.35. The molecule has 1 aromatic rings. The maximum absolute atomic E-state index is 13.1. The van der Waals surface area contributed by atoms with Crippen molar-refractivity contribution < 1.29 is 14.4 Å². The summed E-state index contributed by atoms with van der Waals surface area (Å²) in [6.07, 6.45) is 7.19. The van der Waals surface area contributed by atoms with Crippen LogP contribution in [0.5, 0.6) is 0 Å². The van der Waals surface area contributed by atoms with Crippen molar-refractivity contribution in [3.8, 4) is 0 Å². The van der Waals surface area contributed by atoms with Crippen LogP contribution < -0.4 is 10.6 Å². The molecule has 31 heavy (non-hydrogen) atoms. The number of amides is 3. The lowest BCUT2D eigenvalue weighted by atomic mass is 9.49. The third kappa shape index (κ3) is 4.63. The van der Waals surface area contributed by atoms with E-state index in [9.17, 15) is 14.4 Å². The number of hydrogen-bond donors (Lipinski definition) is 2. The summed E-state index contributed by atoms with van der Waals surface area (Å²) in [5.41, 5.74) is 1.36. The lowest BCUT2D eigenvalue weighted by molar-refractivity contribution is -0.146. The molecule has 1 aromatic carbocycles. The lowest BCUT2D eigenvalue weighted by Gasteiger charge is -2.55. The number of likely N-dealkylation sites (N-methyl/N-ethyl adjacent to an activating group) is 1. The average molecular weight is 426 g/mol. The van der Waals surface area contributed by atoms with Crippen LogP contribution in [0.2, 0.25) is 0 Å². The van der Waals surface area contributed by atoms with Gasteiger partial charge in [-0.2, -0.15) is 0 Å². The molecule has 5 rings (SSSR count). The Morgan fingerprint density at radius 1 is 0.903 bits per heavy atom. The van der Waals surface area contributed by atoms with Gasteiger partial charge in [0.15, 0.2) is 0 Å². The van der Waals surface area contributed by atoms with Gasteiger partial charge in [0.25, 0.3) is 5.91 Å². The first-order valence-electron chi connectivity index (χ1n) is 11.9. The highest BCUT2D eigenvalue weighted by molar-refractivity contribution is 5.96. The fourth-order valence-corrected chi connectivity index (χ4v) is 6.48. The second kappa shape index (κ2) is 9.01. The Hall–Kier alpha value is -2.37. The first-order chi connectivity index (χ1) is 14.9. The molecule has 0 atom stereocenters. The Balaban J connectivity index is 1.27. The number of nitrogens with one attached hydrogen (secondary N) is 2. The molecule has 2 N–H and O–H groups in total. The number of nitrogens with zero attached hydrogens (tertiary/aromatic N) is 1. The van der Waals surface area contributed by atoms with Gasteiger partial charge in [0.1, 0.15) is 0 Å². The van der Waals surface area contributed by atoms with Crippen LogP contribution in [-0.4, -0.2) is 42.3 Å². The van der Waals surface area contributed by atoms with Crippen molar-refractivity contribution in [2.24, 2.45) is 23.2 Å². The highest BCUT2D eigenvalue weighted by Gasteiger charge is 2.54. The normalized spacial score (nSPS) is 28.3. The Labute approximate surface area is 185 Å². The van der Waals surface area contributed by atoms with Crippen molar-refractivity contribution >= 4 is 17.7 Å². The average Bonchev–Trinajstić information content (AvgIpc) is 2.76. The minimum atomic E-state index is -0.260. The van der Waals surface area contributed by atoms with Gasteiger partial charge in [-0.15, -0.1) is 0 Å². The quantitative estimate of drug-likeness (QED) is 0.672. The van der Waals surface area contributed by atoms with Crippen LogP contribution in [-0.2, 0) is 16.1 Å². The molecule has 0 spiro atoms. The fraction of sp³-hybridized carbons (Fsp3) is 0.640. The molecule has 0 radical (unpaired) electrons. The van der Waals surface area contributed by atoms with Gasteiger partial charge in [0, 0.05) is 30.6 Å². The summed E-state index contributed by atoms with van der Waals surface area (Å²) in [6.45, 7) is 5.60. The van der Waals surface area contributed by atoms with Crippen LogP contribution in [0, 0.1) is 23.2 Å². The molecule has 4 bridgehead atoms. The first kappa shape index (κ1) is 21.8. The van der Waals surface area contributed by atoms with Gasteiger partial charge in [0.05, 0.1) is 6.54 Å². The van der Waals surface area contributed by atoms with Crippen molar-refractivity contribution in [3.05, 3.63) is 35.4 Å². The van der Waals surface area contributed by atoms with Gasteiger partial charge < -0.3 is 15.5 Å². The van der Waals surface area contributed by atoms with E-state index in [0.717, 1.165) is 42.6 Å². The predicted octanol–water partition coefficient (Wildman–Crippen LogP) is 3.12. The van der Waals surface area contributed by atoms with E-state index in [4.69, 9.17) is 0 Å². The summed E-state index contributed by atoms with van der Waals surface area (Å²) in [5, 5.41) is 5.87. The Bertz CT molecular complexity index is 794. The molecule has 0 saturated heterocycles. The van der Waals surface area contributed by atoms with Gasteiger partial charge in [-0.25, -0.2) is 0 Å². The largest absolute Gasteiger partial charge is 0.352 e. The molecule has 4 aliphatic carbocycles. The SMILES string of the molecule is CCN(CC)C(=O)CNC(=O)c1ccc(CNC(=O)C23CC4CC(CC(C4)C2)C3)cc1. The fourth-order valence-electron chi connectivity index (χ4n) is 6.48. The molecule has 0 aromatic heterocycles. The zero-order valence-corrected chi connectivity index (χ0v) is 18.8. The Morgan fingerprint density at radius 2 is 1.45 bits per heavy atom. The topological polar surface area (TPSA) is 78.5 Å². The molecule has 0 heterocycles. The number of benzene rings is 1. The summed E-state index contributed by atoms with van der Waals surface area (Å²) in [4.78, 5) is 39.2. The van der Waals surface area contributed by atoms with Crippen molar-refractivity contribution in [1.82, 2.24) is 15.5 Å². The third-order valence-corrected chi connectivity index (χ3v) is 7.71. The summed E-state index contributed by atoms with van der Waals surface area (Å²) in [5.74, 6) is 2.14. The Morgan fingerprint density at radius 3 is 1.97 bits per heavy atom. The molecule has 0 aliphatic heterocycles. The van der Waals surface area contributed by atoms with Crippen LogP contribution in [0.15, 0.2) is 24.3 Å². The van der Waals surface area contributed by atoms with Crippen molar-refractivity contribution in [2.45, 2.75) is 58.9 Å². The van der Waals surface area contributed by atoms with Gasteiger partial charge in [-0.3, -0.25) is 14.4 Å². The molecular weight excluding hydrogens is 390 g/mol. The first-order valence-corrected chi connectivity index (χ1v) is 11.9. The zero-order chi connectivity index (χ0) is 22.0. The van der Waals surface area contributed by atoms with E-state index in [0.29, 0.717) is 25.2 Å². The van der Waals surface area contributed by atoms with Crippen molar-refractivity contribution in [3.63, 3.8) is 0 Å². The van der Waals surface area contributed by atoms with Crippen molar-refractivity contribution in [1.29, 1.82) is 0 Å². The zero-order valence-electron chi connectivity index (χ0n) is 18.8. The van der Waals surface area contributed by atoms with Crippen molar-refractivity contribution in [2.75, 3.05) is 19.6 Å². The number of rotatable bonds is 8. The summed E-state index contributed by atoms with van der Waals surface area (Å²) in [7, 11) is 0. The maximum atomic E-state index is 13.1. The monoisotopic (exact) mass is 425 g/mol. The van der Waals surface area contributed by atoms with Gasteiger partial charge >= 0.3 is 0 Å². The van der Waals surface area contributed by atoms with E-state index >= 15 is 0 Å². The van der Waals surface area contributed by atoms with Gasteiger partial charge in [0.2, 0.25) is 11.8 Å². The number of hydrogen-bond acceptors (Lipinski definition) is 3. The number of carbonyl (C=O) groups is 3. The summed E-state index contributed by atoms with van der Waals surface area (Å²) in [6, 6.07) is 7.26. The highest BCUT2D eigenvalue weighted by atomic mass is 16.2. The minimum absolute atomic E-state index is 0.00336. The molecular formula is C25H35N3O3. The van der Waals surface area contributed by atoms with E-state index < -0.39 is 0 Å². The van der Waals surface area contributed by atoms with Crippen LogP contribution in [0.1, 0.15) is 68.3 Å². The van der Waals surface area contributed by atoms with Crippen LogP contribution in [0.3, 0.4) is 0 Å². The molecule has 6 nitrogen and oxygen atoms in total. The minimum Gasteiger partial charge on any atom is -0.352 e. The van der Waals surface area contributed by atoms with E-state index in [-0.39, 0.29) is 29.7 Å². The molecule has 3 amide bonds. The van der Waals surface area contributed by atoms with Gasteiger partial charge in [-0.05, 0) is 87.8 Å². The van der Waals surface area contributed by atoms with Gasteiger partial charge in [-0.1, -0.05) is 12.1 Å². The molecule has 6 heteroatoms. The smallest absolute Gasteiger partial charge is 0.251 e. The van der Waals surface area contributed by atoms with Crippen LogP contribution in [0.25, 0.3) is 0 Å². The molecule has 4 aliphatic rings. The second-order valence-corrected chi connectivity index (χ2v) is 9.83. The second-order valence-electron chi connectivity index (χ2n) is 9.83. The molecule has 0 unspecified atom stereocenters. The standard InChI is InChI=1S/C25H35N3O3/c1-3-28(4-2)22(29)16-26-23(30)21-7-5-17(6-8-21)15-27-24(31)25-12-18-9-19(13-25)11-20(10-18)14-25/h5-8,18-20H,3-4,9-16H2,1-2H3,(H,26,30)(H,27,31). The van der Waals surface area contributed by atoms with E-state index in [2.05, 4.69) is 10.6 Å². The van der Waals surface area contributed by atoms with E-state index in [1.165, 1.54) is 19.3 Å². The van der Waals surface area contributed by atoms with Crippen LogP contribution in [0.4, 0.5) is 0 Å². The maximum Gasteiger partial charge on any atom is 0.251 e. The van der Waals surface area contributed by atoms with Crippen LogP contribution >= 0.6 is 0 Å². The molecule has 168 valence electrons. The lowest BCUT2D eigenvalue weighted by Crippen LogP contribution is -2.53. The molecule has 4 fully saturated rings. The number of carbonyl (C=O) groups excluding carboxylic acids is 3. The third-order valence-electron chi connectivity index (χ3n) is 7.71. The predicted molar refractivity (Wildman–Crippen MR) is 119 cm³/mol. The molecule has 4 saturated carbocycles.